The van der Waals surface area contributed by atoms with Crippen molar-refractivity contribution in [1.29, 1.82) is 0 Å². The van der Waals surface area contributed by atoms with Gasteiger partial charge in [-0.3, -0.25) is 0 Å². The highest BCUT2D eigenvalue weighted by Gasteiger charge is 2.36. The molecule has 10 aromatic rings. The minimum atomic E-state index is -0.0510. The Kier molecular flexibility index (Phi) is 6.01. The number of para-hydroxylation sites is 2. The maximum Gasteiger partial charge on any atom is 0.159 e. The summed E-state index contributed by atoms with van der Waals surface area (Å²) in [4.78, 5) is 2.30. The van der Waals surface area contributed by atoms with Gasteiger partial charge >= 0.3 is 0 Å². The molecule has 52 heavy (non-hydrogen) atoms. The Morgan fingerprint density at radius 2 is 1.10 bits per heavy atom. The van der Waals surface area contributed by atoms with Crippen LogP contribution in [0.5, 0.6) is 0 Å². The maximum absolute atomic E-state index is 6.89. The Labute approximate surface area is 301 Å². The minimum absolute atomic E-state index is 0.0510. The summed E-state index contributed by atoms with van der Waals surface area (Å²) in [5, 5.41) is 6.69. The van der Waals surface area contributed by atoms with Crippen LogP contribution in [0.4, 0.5) is 17.1 Å². The number of rotatable bonds is 4. The van der Waals surface area contributed by atoms with Crippen LogP contribution in [0.15, 0.2) is 173 Å². The zero-order valence-electron chi connectivity index (χ0n) is 28.9. The van der Waals surface area contributed by atoms with Gasteiger partial charge < -0.3 is 13.7 Å². The summed E-state index contributed by atoms with van der Waals surface area (Å²) in [5.41, 5.74) is 14.3. The largest absolute Gasteiger partial charge is 0.456 e. The van der Waals surface area contributed by atoms with Gasteiger partial charge in [-0.2, -0.15) is 0 Å². The lowest BCUT2D eigenvalue weighted by atomic mass is 9.82. The lowest BCUT2D eigenvalue weighted by Gasteiger charge is -2.26. The molecule has 2 heterocycles. The number of hydrogen-bond donors (Lipinski definition) is 0. The Morgan fingerprint density at radius 1 is 0.442 bits per heavy atom. The zero-order valence-corrected chi connectivity index (χ0v) is 28.9. The quantitative estimate of drug-likeness (QED) is 0.187. The van der Waals surface area contributed by atoms with Gasteiger partial charge in [-0.1, -0.05) is 129 Å². The number of hydrogen-bond acceptors (Lipinski definition) is 3. The summed E-state index contributed by atoms with van der Waals surface area (Å²) in [6.07, 6.45) is 0. The number of anilines is 3. The molecule has 1 aliphatic rings. The summed E-state index contributed by atoms with van der Waals surface area (Å²) < 4.78 is 13.3. The van der Waals surface area contributed by atoms with E-state index in [2.05, 4.69) is 170 Å². The van der Waals surface area contributed by atoms with Gasteiger partial charge in [0.25, 0.3) is 0 Å². The SMILES string of the molecule is CC1(C)c2ccccc2-c2c(-c3ccc(N(c4ccc5c(c4)oc4ccccc45)c4cccc5c4oc4c6ccccc6ccc54)cc3)cccc21. The van der Waals surface area contributed by atoms with E-state index in [1.54, 1.807) is 0 Å². The van der Waals surface area contributed by atoms with E-state index in [0.717, 1.165) is 71.7 Å². The molecule has 8 aromatic carbocycles. The summed E-state index contributed by atoms with van der Waals surface area (Å²) in [6, 6.07) is 58.6. The van der Waals surface area contributed by atoms with E-state index in [0.29, 0.717) is 0 Å². The first-order valence-electron chi connectivity index (χ1n) is 17.9. The molecule has 0 radical (unpaired) electrons. The fraction of sp³-hybridized carbons (Fsp3) is 0.0612. The molecule has 0 amide bonds. The van der Waals surface area contributed by atoms with Crippen molar-refractivity contribution in [3.05, 3.63) is 175 Å². The molecular formula is C49H33NO2. The molecule has 11 rings (SSSR count). The predicted molar refractivity (Wildman–Crippen MR) is 216 cm³/mol. The van der Waals surface area contributed by atoms with Gasteiger partial charge in [0.2, 0.25) is 0 Å². The molecular weight excluding hydrogens is 635 g/mol. The molecule has 246 valence electrons. The van der Waals surface area contributed by atoms with Crippen LogP contribution < -0.4 is 4.90 Å². The molecule has 0 saturated carbocycles. The van der Waals surface area contributed by atoms with Gasteiger partial charge in [0.15, 0.2) is 5.58 Å². The van der Waals surface area contributed by atoms with Gasteiger partial charge in [-0.15, -0.1) is 0 Å². The van der Waals surface area contributed by atoms with E-state index >= 15 is 0 Å². The van der Waals surface area contributed by atoms with Crippen molar-refractivity contribution in [3.8, 4) is 22.3 Å². The second kappa shape index (κ2) is 10.7. The minimum Gasteiger partial charge on any atom is -0.456 e. The van der Waals surface area contributed by atoms with Crippen molar-refractivity contribution >= 4 is 71.7 Å². The highest BCUT2D eigenvalue weighted by atomic mass is 16.3. The number of benzene rings is 8. The number of fused-ring (bicyclic) bond motifs is 11. The van der Waals surface area contributed by atoms with Crippen molar-refractivity contribution in [2.24, 2.45) is 0 Å². The highest BCUT2D eigenvalue weighted by molar-refractivity contribution is 6.17. The lowest BCUT2D eigenvalue weighted by molar-refractivity contribution is 0.660. The third-order valence-corrected chi connectivity index (χ3v) is 11.3. The molecule has 3 heteroatoms. The van der Waals surface area contributed by atoms with E-state index < -0.39 is 0 Å². The van der Waals surface area contributed by atoms with Crippen LogP contribution in [0.25, 0.3) is 76.9 Å². The Hall–Kier alpha value is -6.58. The fourth-order valence-corrected chi connectivity index (χ4v) is 8.75. The Bertz CT molecular complexity index is 3050. The van der Waals surface area contributed by atoms with Crippen molar-refractivity contribution < 1.29 is 8.83 Å². The predicted octanol–water partition coefficient (Wildman–Crippen LogP) is 14.1. The summed E-state index contributed by atoms with van der Waals surface area (Å²) in [7, 11) is 0. The number of furan rings is 2. The molecule has 0 unspecified atom stereocenters. The smallest absolute Gasteiger partial charge is 0.159 e. The average molecular weight is 668 g/mol. The first-order chi connectivity index (χ1) is 25.5. The van der Waals surface area contributed by atoms with Crippen LogP contribution >= 0.6 is 0 Å². The van der Waals surface area contributed by atoms with Gasteiger partial charge in [0.1, 0.15) is 16.7 Å². The standard InChI is InChI=1S/C49H33NO2/c1-49(2)41-17-7-5-14-40(41)46-34(15-9-18-42(46)49)31-21-24-32(25-22-31)50(33-26-28-37-36-13-6-8-20-44(36)51-45(37)29-33)43-19-10-16-38-39-27-23-30-11-3-4-12-35(30)47(39)52-48(38)43/h3-29H,1-2H3. The van der Waals surface area contributed by atoms with Crippen LogP contribution in [-0.4, -0.2) is 0 Å². The molecule has 1 aliphatic carbocycles. The van der Waals surface area contributed by atoms with E-state index in [9.17, 15) is 0 Å². The second-order valence-corrected chi connectivity index (χ2v) is 14.5. The van der Waals surface area contributed by atoms with E-state index in [4.69, 9.17) is 8.83 Å². The maximum atomic E-state index is 6.89. The highest BCUT2D eigenvalue weighted by Crippen LogP contribution is 2.52. The molecule has 3 nitrogen and oxygen atoms in total. The van der Waals surface area contributed by atoms with E-state index in [1.165, 1.54) is 33.4 Å². The topological polar surface area (TPSA) is 29.5 Å². The third-order valence-electron chi connectivity index (χ3n) is 11.3. The third kappa shape index (κ3) is 4.08. The van der Waals surface area contributed by atoms with E-state index in [-0.39, 0.29) is 5.41 Å². The first-order valence-corrected chi connectivity index (χ1v) is 17.9. The molecule has 0 N–H and O–H groups in total. The molecule has 0 bridgehead atoms. The Morgan fingerprint density at radius 3 is 2.00 bits per heavy atom. The van der Waals surface area contributed by atoms with Crippen LogP contribution in [0.1, 0.15) is 25.0 Å². The van der Waals surface area contributed by atoms with Gasteiger partial charge in [-0.05, 0) is 81.2 Å². The van der Waals surface area contributed by atoms with Gasteiger partial charge in [0, 0.05) is 44.1 Å². The number of nitrogens with zero attached hydrogens (tertiary/aromatic N) is 1. The van der Waals surface area contributed by atoms with Crippen LogP contribution in [0.2, 0.25) is 0 Å². The van der Waals surface area contributed by atoms with Crippen molar-refractivity contribution in [2.75, 3.05) is 4.90 Å². The molecule has 0 saturated heterocycles. The molecule has 0 spiro atoms. The first kappa shape index (κ1) is 29.2. The van der Waals surface area contributed by atoms with Gasteiger partial charge in [0.05, 0.1) is 11.4 Å². The lowest BCUT2D eigenvalue weighted by Crippen LogP contribution is -2.14. The van der Waals surface area contributed by atoms with Crippen LogP contribution in [0.3, 0.4) is 0 Å². The van der Waals surface area contributed by atoms with Crippen molar-refractivity contribution in [1.82, 2.24) is 0 Å². The van der Waals surface area contributed by atoms with Crippen molar-refractivity contribution in [2.45, 2.75) is 19.3 Å². The summed E-state index contributed by atoms with van der Waals surface area (Å²) in [6.45, 7) is 4.67. The average Bonchev–Trinajstić information content (AvgIpc) is 3.83. The van der Waals surface area contributed by atoms with Gasteiger partial charge in [-0.25, -0.2) is 0 Å². The molecule has 0 aliphatic heterocycles. The molecule has 0 fully saturated rings. The Balaban J connectivity index is 1.12. The van der Waals surface area contributed by atoms with Crippen LogP contribution in [0, 0.1) is 0 Å². The van der Waals surface area contributed by atoms with Crippen molar-refractivity contribution in [3.63, 3.8) is 0 Å². The van der Waals surface area contributed by atoms with E-state index in [1.807, 2.05) is 12.1 Å². The second-order valence-electron chi connectivity index (χ2n) is 14.5. The fourth-order valence-electron chi connectivity index (χ4n) is 8.75. The molecule has 0 atom stereocenters. The zero-order chi connectivity index (χ0) is 34.6. The summed E-state index contributed by atoms with van der Waals surface area (Å²) in [5.74, 6) is 0. The molecule has 2 aromatic heterocycles. The summed E-state index contributed by atoms with van der Waals surface area (Å²) >= 11 is 0. The van der Waals surface area contributed by atoms with Crippen LogP contribution in [-0.2, 0) is 5.41 Å². The normalized spacial score (nSPS) is 13.3. The monoisotopic (exact) mass is 667 g/mol.